The Morgan fingerprint density at radius 3 is 3.00 bits per heavy atom. The van der Waals surface area contributed by atoms with Crippen LogP contribution < -0.4 is 10.5 Å². The number of anilines is 1. The largest absolute Gasteiger partial charge is 0.488 e. The van der Waals surface area contributed by atoms with Gasteiger partial charge in [-0.2, -0.15) is 0 Å². The highest BCUT2D eigenvalue weighted by atomic mass is 16.5. The molecule has 1 atom stereocenters. The number of nitrogens with two attached hydrogens (primary N) is 1. The molecule has 0 saturated carbocycles. The van der Waals surface area contributed by atoms with Crippen LogP contribution in [-0.4, -0.2) is 17.2 Å². The molecule has 14 heavy (non-hydrogen) atoms. The van der Waals surface area contributed by atoms with Crippen molar-refractivity contribution in [1.82, 2.24) is 0 Å². The molecule has 1 aliphatic heterocycles. The molecule has 1 heterocycles. The van der Waals surface area contributed by atoms with Crippen LogP contribution in [0.3, 0.4) is 0 Å². The van der Waals surface area contributed by atoms with Gasteiger partial charge in [0, 0.05) is 12.0 Å². The fraction of sp³-hybridized carbons (Fsp3) is 0.300. The Morgan fingerprint density at radius 2 is 2.36 bits per heavy atom. The van der Waals surface area contributed by atoms with E-state index in [4.69, 9.17) is 15.6 Å². The summed E-state index contributed by atoms with van der Waals surface area (Å²) in [4.78, 5) is 10.9. The monoisotopic (exact) mass is 193 g/mol. The summed E-state index contributed by atoms with van der Waals surface area (Å²) in [6.07, 6.45) is 0.620. The van der Waals surface area contributed by atoms with Crippen LogP contribution in [0.15, 0.2) is 12.1 Å². The lowest BCUT2D eigenvalue weighted by atomic mass is 10.0. The summed E-state index contributed by atoms with van der Waals surface area (Å²) in [5.74, 6) is -0.392. The molecule has 0 aromatic heterocycles. The molecule has 3 N–H and O–H groups in total. The number of carboxylic acids is 1. The van der Waals surface area contributed by atoms with Crippen molar-refractivity contribution < 1.29 is 14.6 Å². The molecular weight excluding hydrogens is 182 g/mol. The van der Waals surface area contributed by atoms with Crippen molar-refractivity contribution in [3.8, 4) is 5.75 Å². The van der Waals surface area contributed by atoms with Gasteiger partial charge in [-0.15, -0.1) is 0 Å². The molecule has 0 aliphatic carbocycles. The molecule has 2 rings (SSSR count). The highest BCUT2D eigenvalue weighted by Gasteiger charge is 2.26. The number of carbonyl (C=O) groups is 1. The number of nitrogen functional groups attached to an aromatic ring is 1. The van der Waals surface area contributed by atoms with Gasteiger partial charge in [0.2, 0.25) is 0 Å². The predicted octanol–water partition coefficient (Wildman–Crippen LogP) is 1.29. The van der Waals surface area contributed by atoms with Crippen molar-refractivity contribution >= 4 is 11.7 Å². The molecule has 1 aliphatic rings. The normalized spacial score (nSPS) is 18.8. The van der Waals surface area contributed by atoms with Gasteiger partial charge in [0.05, 0.1) is 11.3 Å². The molecule has 0 amide bonds. The van der Waals surface area contributed by atoms with Crippen molar-refractivity contribution in [2.75, 3.05) is 5.73 Å². The number of hydrogen-bond donors (Lipinski definition) is 2. The zero-order valence-corrected chi connectivity index (χ0v) is 7.78. The van der Waals surface area contributed by atoms with Gasteiger partial charge in [0.15, 0.2) is 0 Å². The highest BCUT2D eigenvalue weighted by molar-refractivity contribution is 5.91. The zero-order valence-electron chi connectivity index (χ0n) is 7.78. The Balaban J connectivity index is 2.59. The van der Waals surface area contributed by atoms with Gasteiger partial charge in [-0.05, 0) is 19.1 Å². The summed E-state index contributed by atoms with van der Waals surface area (Å²) < 4.78 is 5.44. The Labute approximate surface area is 81.3 Å². The second-order valence-corrected chi connectivity index (χ2v) is 3.45. The van der Waals surface area contributed by atoms with E-state index in [9.17, 15) is 4.79 Å². The van der Waals surface area contributed by atoms with E-state index >= 15 is 0 Å². The van der Waals surface area contributed by atoms with E-state index in [-0.39, 0.29) is 6.10 Å². The minimum absolute atomic E-state index is 0.00722. The molecule has 74 valence electrons. The molecule has 1 aromatic carbocycles. The number of hydrogen-bond acceptors (Lipinski definition) is 3. The summed E-state index contributed by atoms with van der Waals surface area (Å²) in [6.45, 7) is 1.89. The first-order chi connectivity index (χ1) is 6.59. The molecular formula is C10H11NO3. The van der Waals surface area contributed by atoms with Crippen molar-refractivity contribution in [2.24, 2.45) is 0 Å². The minimum Gasteiger partial charge on any atom is -0.488 e. The number of aromatic carboxylic acids is 1. The number of carboxylic acid groups (broad SMARTS) is 1. The lowest BCUT2D eigenvalue weighted by Crippen LogP contribution is -2.06. The van der Waals surface area contributed by atoms with Crippen LogP contribution in [0, 0.1) is 0 Å². The summed E-state index contributed by atoms with van der Waals surface area (Å²) in [5, 5.41) is 8.93. The second-order valence-electron chi connectivity index (χ2n) is 3.45. The zero-order chi connectivity index (χ0) is 10.3. The SMILES string of the molecule is CC1Cc2c(C(=O)O)ccc(N)c2O1. The molecule has 4 heteroatoms. The highest BCUT2D eigenvalue weighted by Crippen LogP contribution is 2.36. The third-order valence-corrected chi connectivity index (χ3v) is 2.33. The van der Waals surface area contributed by atoms with Gasteiger partial charge in [-0.3, -0.25) is 0 Å². The first kappa shape index (κ1) is 8.87. The average molecular weight is 193 g/mol. The molecule has 1 aromatic rings. The number of ether oxygens (including phenoxy) is 1. The van der Waals surface area contributed by atoms with E-state index < -0.39 is 5.97 Å². The molecule has 0 radical (unpaired) electrons. The van der Waals surface area contributed by atoms with E-state index in [1.807, 2.05) is 6.92 Å². The van der Waals surface area contributed by atoms with Crippen LogP contribution in [0.25, 0.3) is 0 Å². The summed E-state index contributed by atoms with van der Waals surface area (Å²) in [6, 6.07) is 3.10. The number of fused-ring (bicyclic) bond motifs is 1. The van der Waals surface area contributed by atoms with E-state index in [0.717, 1.165) is 0 Å². The molecule has 0 fully saturated rings. The standard InChI is InChI=1S/C10H11NO3/c1-5-4-7-6(10(12)13)2-3-8(11)9(7)14-5/h2-3,5H,4,11H2,1H3,(H,12,13). The van der Waals surface area contributed by atoms with E-state index in [1.54, 1.807) is 6.07 Å². The molecule has 1 unspecified atom stereocenters. The Bertz CT molecular complexity index is 401. The maximum Gasteiger partial charge on any atom is 0.336 e. The maximum absolute atomic E-state index is 10.9. The fourth-order valence-electron chi connectivity index (χ4n) is 1.72. The van der Waals surface area contributed by atoms with Crippen molar-refractivity contribution in [3.63, 3.8) is 0 Å². The van der Waals surface area contributed by atoms with Gasteiger partial charge in [-0.25, -0.2) is 4.79 Å². The fourth-order valence-corrected chi connectivity index (χ4v) is 1.72. The van der Waals surface area contributed by atoms with Crippen LogP contribution >= 0.6 is 0 Å². The van der Waals surface area contributed by atoms with Crippen LogP contribution in [0.5, 0.6) is 5.75 Å². The Kier molecular flexibility index (Phi) is 1.84. The van der Waals surface area contributed by atoms with Crippen molar-refractivity contribution in [1.29, 1.82) is 0 Å². The summed E-state index contributed by atoms with van der Waals surface area (Å²) in [7, 11) is 0. The quantitative estimate of drug-likeness (QED) is 0.659. The van der Waals surface area contributed by atoms with Crippen molar-refractivity contribution in [3.05, 3.63) is 23.3 Å². The molecule has 0 spiro atoms. The van der Waals surface area contributed by atoms with Crippen LogP contribution in [0.2, 0.25) is 0 Å². The number of benzene rings is 1. The van der Waals surface area contributed by atoms with Crippen LogP contribution in [0.4, 0.5) is 5.69 Å². The molecule has 4 nitrogen and oxygen atoms in total. The predicted molar refractivity (Wildman–Crippen MR) is 51.6 cm³/mol. The van der Waals surface area contributed by atoms with Gasteiger partial charge >= 0.3 is 5.97 Å². The summed E-state index contributed by atoms with van der Waals surface area (Å²) >= 11 is 0. The molecule has 0 bridgehead atoms. The van der Waals surface area contributed by atoms with E-state index in [2.05, 4.69) is 0 Å². The van der Waals surface area contributed by atoms with Gasteiger partial charge in [0.1, 0.15) is 11.9 Å². The third-order valence-electron chi connectivity index (χ3n) is 2.33. The first-order valence-corrected chi connectivity index (χ1v) is 4.41. The van der Waals surface area contributed by atoms with Crippen LogP contribution in [0.1, 0.15) is 22.8 Å². The second kappa shape index (κ2) is 2.90. The van der Waals surface area contributed by atoms with E-state index in [1.165, 1.54) is 6.07 Å². The number of rotatable bonds is 1. The van der Waals surface area contributed by atoms with Crippen LogP contribution in [-0.2, 0) is 6.42 Å². The van der Waals surface area contributed by atoms with Gasteiger partial charge in [0.25, 0.3) is 0 Å². The lowest BCUT2D eigenvalue weighted by molar-refractivity contribution is 0.0696. The average Bonchev–Trinajstić information content (AvgIpc) is 2.47. The summed E-state index contributed by atoms with van der Waals surface area (Å²) in [5.41, 5.74) is 7.20. The third kappa shape index (κ3) is 1.19. The van der Waals surface area contributed by atoms with Gasteiger partial charge < -0.3 is 15.6 Å². The van der Waals surface area contributed by atoms with Crippen molar-refractivity contribution in [2.45, 2.75) is 19.4 Å². The Morgan fingerprint density at radius 1 is 1.64 bits per heavy atom. The topological polar surface area (TPSA) is 72.5 Å². The minimum atomic E-state index is -0.932. The Hall–Kier alpha value is -1.71. The van der Waals surface area contributed by atoms with E-state index in [0.29, 0.717) is 29.0 Å². The first-order valence-electron chi connectivity index (χ1n) is 4.41. The maximum atomic E-state index is 10.9. The smallest absolute Gasteiger partial charge is 0.336 e. The lowest BCUT2D eigenvalue weighted by Gasteiger charge is -2.06. The van der Waals surface area contributed by atoms with Gasteiger partial charge in [-0.1, -0.05) is 0 Å². The molecule has 0 saturated heterocycles.